The van der Waals surface area contributed by atoms with E-state index in [0.717, 1.165) is 18.8 Å². The van der Waals surface area contributed by atoms with Crippen molar-refractivity contribution >= 4 is 0 Å². The molecule has 0 aromatic heterocycles. The Morgan fingerprint density at radius 1 is 1.17 bits per heavy atom. The van der Waals surface area contributed by atoms with Crippen molar-refractivity contribution < 1.29 is 5.11 Å². The monoisotopic (exact) mass is 170 g/mol. The molecule has 12 heavy (non-hydrogen) atoms. The van der Waals surface area contributed by atoms with Gasteiger partial charge in [0.15, 0.2) is 0 Å². The number of rotatable bonds is 3. The van der Waals surface area contributed by atoms with Gasteiger partial charge in [0, 0.05) is 0 Å². The Balaban J connectivity index is 2.20. The first-order chi connectivity index (χ1) is 5.83. The molecule has 0 aromatic carbocycles. The molecule has 1 rings (SSSR count). The summed E-state index contributed by atoms with van der Waals surface area (Å²) in [6, 6.07) is 0. The molecule has 1 saturated carbocycles. The van der Waals surface area contributed by atoms with Gasteiger partial charge in [-0.2, -0.15) is 0 Å². The molecule has 72 valence electrons. The fraction of sp³-hybridized carbons (Fsp3) is 1.00. The Hall–Kier alpha value is -0.0400. The van der Waals surface area contributed by atoms with Gasteiger partial charge in [0.25, 0.3) is 0 Å². The smallest absolute Gasteiger partial charge is 0.0540 e. The SMILES string of the molecule is CCC(O)CC1CCCCCC1. The molecular formula is C11H22O. The van der Waals surface area contributed by atoms with Gasteiger partial charge in [-0.05, 0) is 18.8 Å². The molecule has 0 spiro atoms. The van der Waals surface area contributed by atoms with Gasteiger partial charge in [-0.3, -0.25) is 0 Å². The maximum Gasteiger partial charge on any atom is 0.0540 e. The van der Waals surface area contributed by atoms with E-state index in [9.17, 15) is 5.11 Å². The quantitative estimate of drug-likeness (QED) is 0.645. The van der Waals surface area contributed by atoms with E-state index in [0.29, 0.717) is 0 Å². The van der Waals surface area contributed by atoms with E-state index in [1.165, 1.54) is 38.5 Å². The third kappa shape index (κ3) is 3.57. The molecule has 1 unspecified atom stereocenters. The van der Waals surface area contributed by atoms with Crippen LogP contribution in [0.5, 0.6) is 0 Å². The van der Waals surface area contributed by atoms with E-state index in [1.54, 1.807) is 0 Å². The predicted molar refractivity (Wildman–Crippen MR) is 52.1 cm³/mol. The second kappa shape index (κ2) is 5.58. The van der Waals surface area contributed by atoms with E-state index < -0.39 is 0 Å². The Morgan fingerprint density at radius 2 is 1.75 bits per heavy atom. The zero-order valence-electron chi connectivity index (χ0n) is 8.26. The highest BCUT2D eigenvalue weighted by Gasteiger charge is 2.14. The van der Waals surface area contributed by atoms with Crippen molar-refractivity contribution in [2.75, 3.05) is 0 Å². The maximum atomic E-state index is 9.50. The van der Waals surface area contributed by atoms with Crippen molar-refractivity contribution in [3.8, 4) is 0 Å². The predicted octanol–water partition coefficient (Wildman–Crippen LogP) is 3.12. The largest absolute Gasteiger partial charge is 0.393 e. The second-order valence-corrected chi connectivity index (χ2v) is 4.16. The summed E-state index contributed by atoms with van der Waals surface area (Å²) in [6.07, 6.45) is 10.3. The summed E-state index contributed by atoms with van der Waals surface area (Å²) >= 11 is 0. The van der Waals surface area contributed by atoms with Crippen LogP contribution in [0.25, 0.3) is 0 Å². The van der Waals surface area contributed by atoms with Gasteiger partial charge in [0.2, 0.25) is 0 Å². The van der Waals surface area contributed by atoms with E-state index in [1.807, 2.05) is 0 Å². The molecule has 0 amide bonds. The average molecular weight is 170 g/mol. The lowest BCUT2D eigenvalue weighted by atomic mass is 9.93. The highest BCUT2D eigenvalue weighted by atomic mass is 16.3. The molecular weight excluding hydrogens is 148 g/mol. The van der Waals surface area contributed by atoms with Crippen LogP contribution in [0.4, 0.5) is 0 Å². The third-order valence-electron chi connectivity index (χ3n) is 3.05. The van der Waals surface area contributed by atoms with Crippen LogP contribution in [0.1, 0.15) is 58.3 Å². The van der Waals surface area contributed by atoms with Gasteiger partial charge in [-0.15, -0.1) is 0 Å². The fourth-order valence-corrected chi connectivity index (χ4v) is 2.15. The van der Waals surface area contributed by atoms with Crippen LogP contribution in [0.15, 0.2) is 0 Å². The average Bonchev–Trinajstić information content (AvgIpc) is 2.33. The lowest BCUT2D eigenvalue weighted by Crippen LogP contribution is -2.11. The molecule has 0 aliphatic heterocycles. The molecule has 1 atom stereocenters. The first-order valence-electron chi connectivity index (χ1n) is 5.51. The minimum absolute atomic E-state index is 0.0342. The Bertz CT molecular complexity index is 104. The zero-order valence-corrected chi connectivity index (χ0v) is 8.26. The van der Waals surface area contributed by atoms with E-state index in [4.69, 9.17) is 0 Å². The van der Waals surface area contributed by atoms with Crippen LogP contribution in [-0.4, -0.2) is 11.2 Å². The topological polar surface area (TPSA) is 20.2 Å². The van der Waals surface area contributed by atoms with Crippen LogP contribution in [0.3, 0.4) is 0 Å². The van der Waals surface area contributed by atoms with Crippen LogP contribution >= 0.6 is 0 Å². The molecule has 0 radical (unpaired) electrons. The minimum atomic E-state index is -0.0342. The van der Waals surface area contributed by atoms with Gasteiger partial charge >= 0.3 is 0 Å². The molecule has 1 aliphatic carbocycles. The summed E-state index contributed by atoms with van der Waals surface area (Å²) < 4.78 is 0. The van der Waals surface area contributed by atoms with E-state index in [-0.39, 0.29) is 6.10 Å². The summed E-state index contributed by atoms with van der Waals surface area (Å²) in [5.41, 5.74) is 0. The summed E-state index contributed by atoms with van der Waals surface area (Å²) in [5, 5.41) is 9.50. The summed E-state index contributed by atoms with van der Waals surface area (Å²) in [5.74, 6) is 0.822. The Labute approximate surface area is 76.2 Å². The summed E-state index contributed by atoms with van der Waals surface area (Å²) in [7, 11) is 0. The summed E-state index contributed by atoms with van der Waals surface area (Å²) in [6.45, 7) is 2.07. The minimum Gasteiger partial charge on any atom is -0.393 e. The Kier molecular flexibility index (Phi) is 4.67. The second-order valence-electron chi connectivity index (χ2n) is 4.16. The fourth-order valence-electron chi connectivity index (χ4n) is 2.15. The maximum absolute atomic E-state index is 9.50. The Morgan fingerprint density at radius 3 is 2.25 bits per heavy atom. The zero-order chi connectivity index (χ0) is 8.81. The lowest BCUT2D eigenvalue weighted by molar-refractivity contribution is 0.133. The standard InChI is InChI=1S/C11H22O/c1-2-11(12)9-10-7-5-3-4-6-8-10/h10-12H,2-9H2,1H3. The highest BCUT2D eigenvalue weighted by molar-refractivity contribution is 4.67. The van der Waals surface area contributed by atoms with Crippen molar-refractivity contribution in [2.45, 2.75) is 64.4 Å². The van der Waals surface area contributed by atoms with Crippen LogP contribution in [-0.2, 0) is 0 Å². The van der Waals surface area contributed by atoms with Crippen molar-refractivity contribution in [1.82, 2.24) is 0 Å². The first kappa shape index (κ1) is 10.0. The van der Waals surface area contributed by atoms with Crippen molar-refractivity contribution in [3.63, 3.8) is 0 Å². The highest BCUT2D eigenvalue weighted by Crippen LogP contribution is 2.26. The van der Waals surface area contributed by atoms with Crippen molar-refractivity contribution in [2.24, 2.45) is 5.92 Å². The molecule has 0 bridgehead atoms. The van der Waals surface area contributed by atoms with Crippen molar-refractivity contribution in [1.29, 1.82) is 0 Å². The number of aliphatic hydroxyl groups excluding tert-OH is 1. The van der Waals surface area contributed by atoms with Crippen LogP contribution < -0.4 is 0 Å². The van der Waals surface area contributed by atoms with E-state index in [2.05, 4.69) is 6.92 Å². The number of aliphatic hydroxyl groups is 1. The van der Waals surface area contributed by atoms with Gasteiger partial charge in [-0.25, -0.2) is 0 Å². The van der Waals surface area contributed by atoms with Gasteiger partial charge < -0.3 is 5.11 Å². The molecule has 0 aromatic rings. The van der Waals surface area contributed by atoms with E-state index >= 15 is 0 Å². The normalized spacial score (nSPS) is 23.5. The lowest BCUT2D eigenvalue weighted by Gasteiger charge is -2.16. The van der Waals surface area contributed by atoms with Crippen LogP contribution in [0, 0.1) is 5.92 Å². The molecule has 1 aliphatic rings. The number of hydrogen-bond donors (Lipinski definition) is 1. The third-order valence-corrected chi connectivity index (χ3v) is 3.05. The van der Waals surface area contributed by atoms with Gasteiger partial charge in [-0.1, -0.05) is 45.4 Å². The van der Waals surface area contributed by atoms with Gasteiger partial charge in [0.1, 0.15) is 0 Å². The molecule has 0 saturated heterocycles. The first-order valence-corrected chi connectivity index (χ1v) is 5.51. The number of hydrogen-bond acceptors (Lipinski definition) is 1. The van der Waals surface area contributed by atoms with Crippen LogP contribution in [0.2, 0.25) is 0 Å². The summed E-state index contributed by atoms with van der Waals surface area (Å²) in [4.78, 5) is 0. The molecule has 1 N–H and O–H groups in total. The molecule has 1 fully saturated rings. The van der Waals surface area contributed by atoms with Crippen molar-refractivity contribution in [3.05, 3.63) is 0 Å². The molecule has 0 heterocycles. The molecule has 1 nitrogen and oxygen atoms in total. The van der Waals surface area contributed by atoms with Gasteiger partial charge in [0.05, 0.1) is 6.10 Å². The molecule has 1 heteroatoms.